The van der Waals surface area contributed by atoms with Gasteiger partial charge in [-0.15, -0.1) is 0 Å². The van der Waals surface area contributed by atoms with Gasteiger partial charge in [0.25, 0.3) is 0 Å². The summed E-state index contributed by atoms with van der Waals surface area (Å²) < 4.78 is 1.63. The molecule has 0 aromatic carbocycles. The molecule has 0 aliphatic carbocycles. The average molecular weight is 413 g/mol. The van der Waals surface area contributed by atoms with Crippen molar-refractivity contribution in [2.45, 2.75) is 19.9 Å². The van der Waals surface area contributed by atoms with E-state index < -0.39 is 4.92 Å². The van der Waals surface area contributed by atoms with E-state index in [1.54, 1.807) is 28.7 Å². The highest BCUT2D eigenvalue weighted by molar-refractivity contribution is 6.36. The topological polar surface area (TPSA) is 97.4 Å². The van der Waals surface area contributed by atoms with Crippen LogP contribution in [-0.4, -0.2) is 56.4 Å². The van der Waals surface area contributed by atoms with E-state index in [0.29, 0.717) is 54.4 Å². The average Bonchev–Trinajstić information content (AvgIpc) is 3.01. The summed E-state index contributed by atoms with van der Waals surface area (Å²) in [6.07, 6.45) is 3.16. The Kier molecular flexibility index (Phi) is 5.81. The van der Waals surface area contributed by atoms with Crippen molar-refractivity contribution >= 4 is 40.7 Å². The van der Waals surface area contributed by atoms with Crippen molar-refractivity contribution in [3.63, 3.8) is 0 Å². The second-order valence-electron chi connectivity index (χ2n) is 6.17. The van der Waals surface area contributed by atoms with E-state index in [-0.39, 0.29) is 18.1 Å². The lowest BCUT2D eigenvalue weighted by Gasteiger charge is -2.35. The van der Waals surface area contributed by atoms with E-state index in [2.05, 4.69) is 9.97 Å². The molecule has 11 heteroatoms. The molecule has 27 heavy (non-hydrogen) atoms. The van der Waals surface area contributed by atoms with E-state index in [9.17, 15) is 14.9 Å². The maximum absolute atomic E-state index is 12.5. The number of carbonyl (C=O) groups excluding carboxylic acids is 1. The van der Waals surface area contributed by atoms with Gasteiger partial charge in [0.2, 0.25) is 11.7 Å². The normalized spacial score (nSPS) is 14.5. The molecule has 9 nitrogen and oxygen atoms in total. The molecule has 0 unspecified atom stereocenters. The molecule has 0 radical (unpaired) electrons. The van der Waals surface area contributed by atoms with Gasteiger partial charge in [-0.3, -0.25) is 4.79 Å². The molecule has 1 fully saturated rings. The van der Waals surface area contributed by atoms with E-state index in [1.807, 2.05) is 4.90 Å². The number of aromatic nitrogens is 3. The van der Waals surface area contributed by atoms with Gasteiger partial charge < -0.3 is 24.5 Å². The van der Waals surface area contributed by atoms with Crippen molar-refractivity contribution in [3.05, 3.63) is 44.4 Å². The number of rotatable bonds is 5. The van der Waals surface area contributed by atoms with Crippen molar-refractivity contribution in [2.24, 2.45) is 0 Å². The van der Waals surface area contributed by atoms with Crippen LogP contribution in [0.5, 0.6) is 0 Å². The van der Waals surface area contributed by atoms with Crippen LogP contribution in [0.2, 0.25) is 10.0 Å². The van der Waals surface area contributed by atoms with Gasteiger partial charge in [0.1, 0.15) is 12.0 Å². The van der Waals surface area contributed by atoms with Crippen LogP contribution in [0.15, 0.2) is 18.5 Å². The number of hydrogen-bond acceptors (Lipinski definition) is 6. The lowest BCUT2D eigenvalue weighted by Crippen LogP contribution is -2.49. The zero-order chi connectivity index (χ0) is 19.6. The Hall–Kier alpha value is -2.39. The van der Waals surface area contributed by atoms with Gasteiger partial charge in [0.15, 0.2) is 0 Å². The molecule has 1 saturated heterocycles. The Labute approximate surface area is 165 Å². The van der Waals surface area contributed by atoms with Crippen LogP contribution >= 0.6 is 23.2 Å². The number of amides is 1. The minimum absolute atomic E-state index is 0.000523. The van der Waals surface area contributed by atoms with E-state index in [0.717, 1.165) is 0 Å². The molecule has 2 aromatic heterocycles. The number of carbonyl (C=O) groups is 1. The maximum atomic E-state index is 12.5. The number of piperazine rings is 1. The summed E-state index contributed by atoms with van der Waals surface area (Å²) in [5, 5.41) is 11.7. The van der Waals surface area contributed by atoms with Crippen molar-refractivity contribution in [1.29, 1.82) is 0 Å². The fourth-order valence-corrected chi connectivity index (χ4v) is 3.49. The summed E-state index contributed by atoms with van der Waals surface area (Å²) in [4.78, 5) is 34.6. The van der Waals surface area contributed by atoms with Crippen molar-refractivity contribution < 1.29 is 9.72 Å². The highest BCUT2D eigenvalue weighted by Gasteiger charge is 2.24. The Bertz CT molecular complexity index is 864. The molecule has 144 valence electrons. The third-order valence-electron chi connectivity index (χ3n) is 4.44. The Morgan fingerprint density at radius 3 is 2.59 bits per heavy atom. The van der Waals surface area contributed by atoms with Crippen LogP contribution in [-0.2, 0) is 11.3 Å². The van der Waals surface area contributed by atoms with Crippen LogP contribution in [0, 0.1) is 17.0 Å². The number of pyridine rings is 1. The van der Waals surface area contributed by atoms with Gasteiger partial charge in [0.05, 0.1) is 10.0 Å². The van der Waals surface area contributed by atoms with Crippen LogP contribution in [0.4, 0.5) is 11.6 Å². The number of anilines is 1. The summed E-state index contributed by atoms with van der Waals surface area (Å²) in [5.41, 5.74) is 0. The fourth-order valence-electron chi connectivity index (χ4n) is 2.99. The molecule has 0 atom stereocenters. The number of nitrogens with zero attached hydrogens (tertiary/aromatic N) is 6. The summed E-state index contributed by atoms with van der Waals surface area (Å²) in [7, 11) is 0. The Morgan fingerprint density at radius 2 is 2.00 bits per heavy atom. The maximum Gasteiger partial charge on any atom is 0.381 e. The lowest BCUT2D eigenvalue weighted by atomic mass is 10.2. The Balaban J connectivity index is 1.53. The molecular weight excluding hydrogens is 395 g/mol. The minimum Gasteiger partial charge on any atom is -0.358 e. The van der Waals surface area contributed by atoms with Crippen molar-refractivity contribution in [1.82, 2.24) is 19.4 Å². The zero-order valence-electron chi connectivity index (χ0n) is 14.6. The smallest absolute Gasteiger partial charge is 0.358 e. The molecule has 3 rings (SSSR count). The molecule has 1 aliphatic rings. The number of nitro groups is 1. The molecule has 1 aliphatic heterocycles. The van der Waals surface area contributed by atoms with Crippen LogP contribution in [0.3, 0.4) is 0 Å². The van der Waals surface area contributed by atoms with Gasteiger partial charge in [-0.1, -0.05) is 23.2 Å². The second kappa shape index (κ2) is 8.10. The highest BCUT2D eigenvalue weighted by atomic mass is 35.5. The molecular formula is C16H18Cl2N6O3. The minimum atomic E-state index is -0.541. The fraction of sp³-hybridized carbons (Fsp3) is 0.438. The van der Waals surface area contributed by atoms with Gasteiger partial charge in [0, 0.05) is 52.3 Å². The first kappa shape index (κ1) is 19.4. The van der Waals surface area contributed by atoms with E-state index in [1.165, 1.54) is 6.20 Å². The molecule has 0 saturated carbocycles. The standard InChI is InChI=1S/C16H18Cl2N6O3/c1-11-20-14(24(26)27)10-23(11)3-2-15(25)21-4-6-22(7-5-21)16-13(18)8-12(17)9-19-16/h8-10H,2-7H2,1H3. The quantitative estimate of drug-likeness (QED) is 0.552. The van der Waals surface area contributed by atoms with Crippen molar-refractivity contribution in [2.75, 3.05) is 31.1 Å². The molecule has 0 bridgehead atoms. The second-order valence-corrected chi connectivity index (χ2v) is 7.02. The first-order chi connectivity index (χ1) is 12.8. The van der Waals surface area contributed by atoms with Gasteiger partial charge in [-0.05, 0) is 16.0 Å². The molecule has 0 N–H and O–H groups in total. The summed E-state index contributed by atoms with van der Waals surface area (Å²) in [6, 6.07) is 1.65. The third kappa shape index (κ3) is 4.48. The zero-order valence-corrected chi connectivity index (χ0v) is 16.2. The molecule has 2 aromatic rings. The number of hydrogen-bond donors (Lipinski definition) is 0. The Morgan fingerprint density at radius 1 is 1.30 bits per heavy atom. The van der Waals surface area contributed by atoms with Crippen LogP contribution in [0.1, 0.15) is 12.2 Å². The number of halogens is 2. The summed E-state index contributed by atoms with van der Waals surface area (Å²) in [5.74, 6) is 0.971. The number of imidazole rings is 1. The predicted octanol–water partition coefficient (Wildman–Crippen LogP) is 2.54. The van der Waals surface area contributed by atoms with E-state index in [4.69, 9.17) is 23.2 Å². The van der Waals surface area contributed by atoms with Crippen LogP contribution in [0.25, 0.3) is 0 Å². The first-order valence-electron chi connectivity index (χ1n) is 8.37. The van der Waals surface area contributed by atoms with Crippen molar-refractivity contribution in [3.8, 4) is 0 Å². The summed E-state index contributed by atoms with van der Waals surface area (Å²) in [6.45, 7) is 4.39. The largest absolute Gasteiger partial charge is 0.381 e. The van der Waals surface area contributed by atoms with Gasteiger partial charge in [-0.2, -0.15) is 0 Å². The molecule has 0 spiro atoms. The summed E-state index contributed by atoms with van der Waals surface area (Å²) >= 11 is 12.1. The van der Waals surface area contributed by atoms with E-state index >= 15 is 0 Å². The number of aryl methyl sites for hydroxylation is 2. The molecule has 3 heterocycles. The van der Waals surface area contributed by atoms with Crippen LogP contribution < -0.4 is 4.90 Å². The first-order valence-corrected chi connectivity index (χ1v) is 9.12. The SMILES string of the molecule is Cc1nc([N+](=O)[O-])cn1CCC(=O)N1CCN(c2ncc(Cl)cc2Cl)CC1. The highest BCUT2D eigenvalue weighted by Crippen LogP contribution is 2.26. The monoisotopic (exact) mass is 412 g/mol. The van der Waals surface area contributed by atoms with Gasteiger partial charge in [-0.25, -0.2) is 4.98 Å². The lowest BCUT2D eigenvalue weighted by molar-refractivity contribution is -0.389. The third-order valence-corrected chi connectivity index (χ3v) is 4.92. The molecule has 1 amide bonds. The predicted molar refractivity (Wildman–Crippen MR) is 101 cm³/mol. The van der Waals surface area contributed by atoms with Gasteiger partial charge >= 0.3 is 5.82 Å².